The molecule has 1 aromatic heterocycles. The highest BCUT2D eigenvalue weighted by atomic mass is 35.5. The van der Waals surface area contributed by atoms with Crippen LogP contribution in [0, 0.1) is 0 Å². The van der Waals surface area contributed by atoms with Gasteiger partial charge in [-0.2, -0.15) is 12.7 Å². The van der Waals surface area contributed by atoms with Crippen molar-refractivity contribution in [2.75, 3.05) is 24.1 Å². The third-order valence-corrected chi connectivity index (χ3v) is 4.29. The summed E-state index contributed by atoms with van der Waals surface area (Å²) in [6.07, 6.45) is 1.54. The van der Waals surface area contributed by atoms with Gasteiger partial charge < -0.3 is 5.32 Å². The molecule has 112 valence electrons. The molecule has 2 rings (SSSR count). The fourth-order valence-corrected chi connectivity index (χ4v) is 2.15. The molecule has 0 unspecified atom stereocenters. The highest BCUT2D eigenvalue weighted by Crippen LogP contribution is 2.19. The molecule has 0 amide bonds. The van der Waals surface area contributed by atoms with E-state index in [1.807, 2.05) is 12.1 Å². The molecule has 0 bridgehead atoms. The second-order valence-corrected chi connectivity index (χ2v) is 6.77. The number of hydrogen-bond acceptors (Lipinski definition) is 4. The van der Waals surface area contributed by atoms with Gasteiger partial charge in [-0.25, -0.2) is 4.98 Å². The molecule has 2 aromatic rings. The van der Waals surface area contributed by atoms with E-state index >= 15 is 0 Å². The minimum Gasteiger partial charge on any atom is -0.354 e. The number of nitrogens with one attached hydrogen (secondary N) is 2. The normalized spacial score (nSPS) is 11.4. The van der Waals surface area contributed by atoms with E-state index < -0.39 is 10.2 Å². The molecular weight excluding hydrogens is 312 g/mol. The Bertz CT molecular complexity index is 700. The summed E-state index contributed by atoms with van der Waals surface area (Å²) in [6, 6.07) is 10.5. The van der Waals surface area contributed by atoms with E-state index in [1.54, 1.807) is 30.5 Å². The third kappa shape index (κ3) is 4.32. The van der Waals surface area contributed by atoms with Gasteiger partial charge in [0, 0.05) is 24.8 Å². The van der Waals surface area contributed by atoms with Crippen molar-refractivity contribution in [3.8, 4) is 0 Å². The Labute approximate surface area is 128 Å². The maximum atomic E-state index is 11.7. The van der Waals surface area contributed by atoms with Crippen molar-refractivity contribution in [1.82, 2.24) is 9.29 Å². The zero-order chi connectivity index (χ0) is 15.5. The van der Waals surface area contributed by atoms with E-state index in [0.717, 1.165) is 15.7 Å². The van der Waals surface area contributed by atoms with Crippen molar-refractivity contribution in [2.45, 2.75) is 0 Å². The van der Waals surface area contributed by atoms with Gasteiger partial charge in [0.25, 0.3) is 0 Å². The lowest BCUT2D eigenvalue weighted by atomic mass is 10.3. The van der Waals surface area contributed by atoms with Crippen molar-refractivity contribution in [3.05, 3.63) is 47.6 Å². The Balaban J connectivity index is 2.07. The minimum absolute atomic E-state index is 0.255. The van der Waals surface area contributed by atoms with Gasteiger partial charge in [-0.3, -0.25) is 4.72 Å². The molecule has 0 fully saturated rings. The highest BCUT2D eigenvalue weighted by Gasteiger charge is 2.13. The van der Waals surface area contributed by atoms with Gasteiger partial charge in [0.2, 0.25) is 0 Å². The average Bonchev–Trinajstić information content (AvgIpc) is 2.43. The predicted octanol–water partition coefficient (Wildman–Crippen LogP) is 2.70. The number of halogens is 1. The first kappa shape index (κ1) is 15.6. The van der Waals surface area contributed by atoms with Gasteiger partial charge in [0.15, 0.2) is 0 Å². The van der Waals surface area contributed by atoms with Crippen molar-refractivity contribution in [1.29, 1.82) is 0 Å². The summed E-state index contributed by atoms with van der Waals surface area (Å²) in [7, 11) is -0.655. The predicted molar refractivity (Wildman–Crippen MR) is 85.2 cm³/mol. The topological polar surface area (TPSA) is 74.3 Å². The summed E-state index contributed by atoms with van der Waals surface area (Å²) < 4.78 is 26.7. The number of anilines is 3. The van der Waals surface area contributed by atoms with Gasteiger partial charge in [-0.15, -0.1) is 0 Å². The number of nitrogens with zero attached hydrogens (tertiary/aromatic N) is 2. The van der Waals surface area contributed by atoms with E-state index in [1.165, 1.54) is 14.1 Å². The second-order valence-electron chi connectivity index (χ2n) is 4.45. The van der Waals surface area contributed by atoms with Crippen LogP contribution in [-0.2, 0) is 10.2 Å². The summed E-state index contributed by atoms with van der Waals surface area (Å²) >= 11 is 5.81. The van der Waals surface area contributed by atoms with Crippen molar-refractivity contribution in [3.63, 3.8) is 0 Å². The molecule has 2 N–H and O–H groups in total. The molecule has 0 saturated heterocycles. The fraction of sp³-hybridized carbons (Fsp3) is 0.154. The molecule has 1 aromatic carbocycles. The smallest absolute Gasteiger partial charge is 0.302 e. The van der Waals surface area contributed by atoms with Crippen LogP contribution in [0.1, 0.15) is 0 Å². The lowest BCUT2D eigenvalue weighted by Gasteiger charge is -2.13. The van der Waals surface area contributed by atoms with Crippen molar-refractivity contribution < 1.29 is 8.42 Å². The van der Waals surface area contributed by atoms with Gasteiger partial charge in [-0.1, -0.05) is 11.6 Å². The number of pyridine rings is 1. The molecule has 0 saturated carbocycles. The standard InChI is InChI=1S/C13H15ClN4O2S/c1-18(2)21(19,20)17-13-8-7-12(9-15-13)16-11-5-3-10(14)4-6-11/h3-9,16H,1-2H3,(H,15,17). The summed E-state index contributed by atoms with van der Waals surface area (Å²) in [5.74, 6) is 0.255. The van der Waals surface area contributed by atoms with Crippen LogP contribution in [0.5, 0.6) is 0 Å². The lowest BCUT2D eigenvalue weighted by molar-refractivity contribution is 0.526. The Morgan fingerprint density at radius 2 is 1.67 bits per heavy atom. The Hall–Kier alpha value is -1.83. The summed E-state index contributed by atoms with van der Waals surface area (Å²) in [5.41, 5.74) is 1.60. The van der Waals surface area contributed by atoms with Crippen LogP contribution < -0.4 is 10.0 Å². The van der Waals surface area contributed by atoms with Gasteiger partial charge >= 0.3 is 10.2 Å². The molecule has 0 aliphatic heterocycles. The van der Waals surface area contributed by atoms with Crippen molar-refractivity contribution in [2.24, 2.45) is 0 Å². The van der Waals surface area contributed by atoms with Crippen LogP contribution in [0.25, 0.3) is 0 Å². The van der Waals surface area contributed by atoms with Crippen LogP contribution in [0.3, 0.4) is 0 Å². The average molecular weight is 327 g/mol. The van der Waals surface area contributed by atoms with E-state index in [2.05, 4.69) is 15.0 Å². The first-order chi connectivity index (χ1) is 9.87. The second kappa shape index (κ2) is 6.30. The Kier molecular flexibility index (Phi) is 4.66. The van der Waals surface area contributed by atoms with Crippen LogP contribution >= 0.6 is 11.6 Å². The van der Waals surface area contributed by atoms with Crippen LogP contribution in [-0.4, -0.2) is 31.8 Å². The number of rotatable bonds is 5. The maximum Gasteiger partial charge on any atom is 0.302 e. The number of aromatic nitrogens is 1. The largest absolute Gasteiger partial charge is 0.354 e. The van der Waals surface area contributed by atoms with E-state index in [0.29, 0.717) is 5.02 Å². The zero-order valence-corrected chi connectivity index (χ0v) is 13.1. The Morgan fingerprint density at radius 1 is 1.05 bits per heavy atom. The summed E-state index contributed by atoms with van der Waals surface area (Å²) in [4.78, 5) is 4.05. The Morgan fingerprint density at radius 3 is 2.19 bits per heavy atom. The van der Waals surface area contributed by atoms with E-state index in [-0.39, 0.29) is 5.82 Å². The molecule has 0 aliphatic rings. The molecular formula is C13H15ClN4O2S. The number of hydrogen-bond donors (Lipinski definition) is 2. The van der Waals surface area contributed by atoms with Crippen molar-refractivity contribution >= 4 is 39.0 Å². The molecule has 6 nitrogen and oxygen atoms in total. The highest BCUT2D eigenvalue weighted by molar-refractivity contribution is 7.90. The summed E-state index contributed by atoms with van der Waals surface area (Å²) in [5, 5.41) is 3.79. The van der Waals surface area contributed by atoms with Crippen LogP contribution in [0.2, 0.25) is 5.02 Å². The maximum absolute atomic E-state index is 11.7. The van der Waals surface area contributed by atoms with E-state index in [4.69, 9.17) is 11.6 Å². The molecule has 1 heterocycles. The fourth-order valence-electron chi connectivity index (χ4n) is 1.45. The van der Waals surface area contributed by atoms with Gasteiger partial charge in [-0.05, 0) is 36.4 Å². The van der Waals surface area contributed by atoms with Crippen LogP contribution in [0.4, 0.5) is 17.2 Å². The minimum atomic E-state index is -3.54. The lowest BCUT2D eigenvalue weighted by Crippen LogP contribution is -2.29. The molecule has 0 aliphatic carbocycles. The first-order valence-electron chi connectivity index (χ1n) is 6.06. The third-order valence-electron chi connectivity index (χ3n) is 2.61. The molecule has 21 heavy (non-hydrogen) atoms. The zero-order valence-electron chi connectivity index (χ0n) is 11.5. The molecule has 0 radical (unpaired) electrons. The molecule has 0 spiro atoms. The number of benzene rings is 1. The van der Waals surface area contributed by atoms with Gasteiger partial charge in [0.1, 0.15) is 5.82 Å². The monoisotopic (exact) mass is 326 g/mol. The molecule has 0 atom stereocenters. The van der Waals surface area contributed by atoms with Crippen LogP contribution in [0.15, 0.2) is 42.6 Å². The quantitative estimate of drug-likeness (QED) is 0.886. The summed E-state index contributed by atoms with van der Waals surface area (Å²) in [6.45, 7) is 0. The molecule has 8 heteroatoms. The SMILES string of the molecule is CN(C)S(=O)(=O)Nc1ccc(Nc2ccc(Cl)cc2)cn1. The van der Waals surface area contributed by atoms with E-state index in [9.17, 15) is 8.42 Å². The van der Waals surface area contributed by atoms with Gasteiger partial charge in [0.05, 0.1) is 11.9 Å². The first-order valence-corrected chi connectivity index (χ1v) is 7.87.